The number of anilines is 2. The molecule has 1 amide bonds. The third kappa shape index (κ3) is 2.40. The molecule has 0 bridgehead atoms. The second-order valence-electron chi connectivity index (χ2n) is 4.12. The minimum absolute atomic E-state index is 0.285. The van der Waals surface area contributed by atoms with Gasteiger partial charge in [0.05, 0.1) is 28.3 Å². The molecule has 0 unspecified atom stereocenters. The van der Waals surface area contributed by atoms with Gasteiger partial charge in [0.25, 0.3) is 5.91 Å². The predicted molar refractivity (Wildman–Crippen MR) is 66.8 cm³/mol. The minimum atomic E-state index is -0.969. The van der Waals surface area contributed by atoms with E-state index in [4.69, 9.17) is 5.73 Å². The van der Waals surface area contributed by atoms with E-state index in [1.54, 1.807) is 13.8 Å². The molecule has 4 N–H and O–H groups in total. The van der Waals surface area contributed by atoms with Gasteiger partial charge in [-0.3, -0.25) is 9.89 Å². The van der Waals surface area contributed by atoms with E-state index >= 15 is 0 Å². The molecule has 0 saturated carbocycles. The molecule has 5 nitrogen and oxygen atoms in total. The number of amides is 1. The molecular weight excluding hydrogens is 254 g/mol. The van der Waals surface area contributed by atoms with Crippen molar-refractivity contribution in [1.29, 1.82) is 0 Å². The molecule has 2 aromatic rings. The highest BCUT2D eigenvalue weighted by Crippen LogP contribution is 2.20. The van der Waals surface area contributed by atoms with Gasteiger partial charge in [-0.05, 0) is 19.9 Å². The molecule has 7 heteroatoms. The van der Waals surface area contributed by atoms with E-state index < -0.39 is 17.5 Å². The summed E-state index contributed by atoms with van der Waals surface area (Å²) in [6.45, 7) is 3.40. The summed E-state index contributed by atoms with van der Waals surface area (Å²) in [5.41, 5.74) is 6.39. The molecule has 1 aromatic carbocycles. The highest BCUT2D eigenvalue weighted by atomic mass is 19.1. The Hall–Kier alpha value is -2.44. The summed E-state index contributed by atoms with van der Waals surface area (Å²) < 4.78 is 26.5. The van der Waals surface area contributed by atoms with Gasteiger partial charge in [-0.15, -0.1) is 0 Å². The first-order valence-electron chi connectivity index (χ1n) is 5.47. The van der Waals surface area contributed by atoms with Crippen LogP contribution in [0.5, 0.6) is 0 Å². The zero-order valence-electron chi connectivity index (χ0n) is 10.3. The zero-order chi connectivity index (χ0) is 14.2. The van der Waals surface area contributed by atoms with Crippen LogP contribution in [-0.2, 0) is 0 Å². The molecule has 0 fully saturated rings. The monoisotopic (exact) mass is 266 g/mol. The lowest BCUT2D eigenvalue weighted by Gasteiger charge is -2.07. The van der Waals surface area contributed by atoms with E-state index in [1.807, 2.05) is 0 Å². The zero-order valence-corrected chi connectivity index (χ0v) is 10.3. The van der Waals surface area contributed by atoms with Crippen LogP contribution in [-0.4, -0.2) is 16.1 Å². The predicted octanol–water partition coefficient (Wildman–Crippen LogP) is 2.14. The third-order valence-corrected chi connectivity index (χ3v) is 2.70. The van der Waals surface area contributed by atoms with Crippen LogP contribution in [0.2, 0.25) is 0 Å². The van der Waals surface area contributed by atoms with Crippen molar-refractivity contribution in [2.75, 3.05) is 11.1 Å². The molecule has 1 aromatic heterocycles. The fourth-order valence-electron chi connectivity index (χ4n) is 1.66. The number of aromatic amines is 1. The lowest BCUT2D eigenvalue weighted by Crippen LogP contribution is -2.15. The Balaban J connectivity index is 2.33. The van der Waals surface area contributed by atoms with E-state index in [-0.39, 0.29) is 11.3 Å². The highest BCUT2D eigenvalue weighted by molar-refractivity contribution is 6.05. The minimum Gasteiger partial charge on any atom is -0.396 e. The molecule has 1 heterocycles. The standard InChI is InChI=1S/C12H12F2N4O/c1-5-11(6(2)18-17-5)16-12(19)7-3-10(15)9(14)4-8(7)13/h3-4H,15H2,1-2H3,(H,16,19)(H,17,18). The van der Waals surface area contributed by atoms with E-state index in [2.05, 4.69) is 15.5 Å². The average molecular weight is 266 g/mol. The number of H-pyrrole nitrogens is 1. The number of halogens is 2. The third-order valence-electron chi connectivity index (χ3n) is 2.70. The van der Waals surface area contributed by atoms with Crippen molar-refractivity contribution in [2.45, 2.75) is 13.8 Å². The number of nitrogens with zero attached hydrogens (tertiary/aromatic N) is 1. The molecule has 19 heavy (non-hydrogen) atoms. The maximum absolute atomic E-state index is 13.5. The van der Waals surface area contributed by atoms with Crippen LogP contribution in [0.15, 0.2) is 12.1 Å². The van der Waals surface area contributed by atoms with Crippen molar-refractivity contribution in [2.24, 2.45) is 0 Å². The van der Waals surface area contributed by atoms with Gasteiger partial charge >= 0.3 is 0 Å². The van der Waals surface area contributed by atoms with Crippen LogP contribution < -0.4 is 11.1 Å². The summed E-state index contributed by atoms with van der Waals surface area (Å²) in [7, 11) is 0. The summed E-state index contributed by atoms with van der Waals surface area (Å²) >= 11 is 0. The van der Waals surface area contributed by atoms with Gasteiger partial charge in [0, 0.05) is 6.07 Å². The van der Waals surface area contributed by atoms with Crippen LogP contribution in [0.25, 0.3) is 0 Å². The smallest absolute Gasteiger partial charge is 0.258 e. The number of aromatic nitrogens is 2. The summed E-state index contributed by atoms with van der Waals surface area (Å²) in [5.74, 6) is -2.58. The van der Waals surface area contributed by atoms with Crippen molar-refractivity contribution in [3.8, 4) is 0 Å². The van der Waals surface area contributed by atoms with Gasteiger partial charge in [-0.2, -0.15) is 5.10 Å². The number of nitrogens with two attached hydrogens (primary N) is 1. The molecule has 0 radical (unpaired) electrons. The Morgan fingerprint density at radius 3 is 2.58 bits per heavy atom. The fraction of sp³-hybridized carbons (Fsp3) is 0.167. The first-order valence-corrected chi connectivity index (χ1v) is 5.47. The van der Waals surface area contributed by atoms with Gasteiger partial charge in [0.2, 0.25) is 0 Å². The number of hydrogen-bond donors (Lipinski definition) is 3. The molecule has 0 atom stereocenters. The largest absolute Gasteiger partial charge is 0.396 e. The number of hydrogen-bond acceptors (Lipinski definition) is 3. The maximum Gasteiger partial charge on any atom is 0.258 e. The highest BCUT2D eigenvalue weighted by Gasteiger charge is 2.17. The van der Waals surface area contributed by atoms with E-state index in [0.717, 1.165) is 6.07 Å². The van der Waals surface area contributed by atoms with Crippen LogP contribution in [0.4, 0.5) is 20.2 Å². The number of carbonyl (C=O) groups is 1. The molecule has 2 rings (SSSR count). The van der Waals surface area contributed by atoms with Crippen molar-refractivity contribution < 1.29 is 13.6 Å². The Labute approximate surface area is 107 Å². The Kier molecular flexibility index (Phi) is 3.20. The number of nitrogens with one attached hydrogen (secondary N) is 2. The Bertz CT molecular complexity index is 632. The lowest BCUT2D eigenvalue weighted by molar-refractivity contribution is 0.102. The lowest BCUT2D eigenvalue weighted by atomic mass is 10.1. The second kappa shape index (κ2) is 4.68. The summed E-state index contributed by atoms with van der Waals surface area (Å²) in [6, 6.07) is 1.55. The maximum atomic E-state index is 13.5. The number of carbonyl (C=O) groups excluding carboxylic acids is 1. The number of benzene rings is 1. The summed E-state index contributed by atoms with van der Waals surface area (Å²) in [4.78, 5) is 11.9. The van der Waals surface area contributed by atoms with Gasteiger partial charge < -0.3 is 11.1 Å². The van der Waals surface area contributed by atoms with Crippen LogP contribution in [0.1, 0.15) is 21.7 Å². The number of nitrogen functional groups attached to an aromatic ring is 1. The molecule has 0 spiro atoms. The van der Waals surface area contributed by atoms with Crippen molar-refractivity contribution in [3.05, 3.63) is 40.7 Å². The Morgan fingerprint density at radius 1 is 1.32 bits per heavy atom. The normalized spacial score (nSPS) is 10.5. The van der Waals surface area contributed by atoms with Crippen LogP contribution >= 0.6 is 0 Å². The van der Waals surface area contributed by atoms with Crippen molar-refractivity contribution in [3.63, 3.8) is 0 Å². The number of aryl methyl sites for hydroxylation is 2. The Morgan fingerprint density at radius 2 is 2.00 bits per heavy atom. The molecular formula is C12H12F2N4O. The summed E-state index contributed by atoms with van der Waals surface area (Å²) in [6.07, 6.45) is 0. The number of rotatable bonds is 2. The SMILES string of the molecule is Cc1n[nH]c(C)c1NC(=O)c1cc(N)c(F)cc1F. The molecule has 0 saturated heterocycles. The molecule has 100 valence electrons. The van der Waals surface area contributed by atoms with Crippen molar-refractivity contribution in [1.82, 2.24) is 10.2 Å². The quantitative estimate of drug-likeness (QED) is 0.728. The van der Waals surface area contributed by atoms with E-state index in [1.165, 1.54) is 0 Å². The molecule has 0 aliphatic heterocycles. The van der Waals surface area contributed by atoms with Crippen LogP contribution in [0.3, 0.4) is 0 Å². The fourth-order valence-corrected chi connectivity index (χ4v) is 1.66. The summed E-state index contributed by atoms with van der Waals surface area (Å²) in [5, 5.41) is 9.10. The van der Waals surface area contributed by atoms with E-state index in [9.17, 15) is 13.6 Å². The van der Waals surface area contributed by atoms with E-state index in [0.29, 0.717) is 23.1 Å². The first-order chi connectivity index (χ1) is 8.90. The molecule has 0 aliphatic carbocycles. The molecule has 0 aliphatic rings. The van der Waals surface area contributed by atoms with Gasteiger partial charge in [-0.1, -0.05) is 0 Å². The van der Waals surface area contributed by atoms with Gasteiger partial charge in [-0.25, -0.2) is 8.78 Å². The average Bonchev–Trinajstić information content (AvgIpc) is 2.65. The van der Waals surface area contributed by atoms with Gasteiger partial charge in [0.15, 0.2) is 0 Å². The topological polar surface area (TPSA) is 83.8 Å². The second-order valence-corrected chi connectivity index (χ2v) is 4.12. The van der Waals surface area contributed by atoms with Crippen LogP contribution in [0, 0.1) is 25.5 Å². The first kappa shape index (κ1) is 13.0. The van der Waals surface area contributed by atoms with Gasteiger partial charge in [0.1, 0.15) is 11.6 Å². The van der Waals surface area contributed by atoms with Crippen molar-refractivity contribution >= 4 is 17.3 Å².